The maximum absolute atomic E-state index is 10.7. The monoisotopic (exact) mass is 258 g/mol. The molecule has 0 aromatic rings. The number of halogens is 6. The molecule has 0 radical (unpaired) electrons. The first-order chi connectivity index (χ1) is 5.36. The van der Waals surface area contributed by atoms with Crippen LogP contribution in [0.3, 0.4) is 0 Å². The number of hydrogen-bond acceptors (Lipinski definition) is 2. The van der Waals surface area contributed by atoms with Crippen molar-refractivity contribution in [2.24, 2.45) is 0 Å². The van der Waals surface area contributed by atoms with Gasteiger partial charge in [0.05, 0.1) is 13.2 Å². The Morgan fingerprint density at radius 1 is 0.786 bits per heavy atom. The minimum Gasteiger partial charge on any atom is 1.00 e. The topological polar surface area (TPSA) is 18.5 Å². The molecular formula is C4H10F6NaO2P. The molecule has 2 nitrogen and oxygen atoms in total. The predicted molar refractivity (Wildman–Crippen MR) is 37.3 cm³/mol. The van der Waals surface area contributed by atoms with E-state index in [9.17, 15) is 25.2 Å². The molecule has 0 saturated heterocycles. The van der Waals surface area contributed by atoms with Crippen LogP contribution in [0, 0.1) is 0 Å². The Morgan fingerprint density at radius 3 is 1.00 bits per heavy atom. The third-order valence-electron chi connectivity index (χ3n) is 0.492. The van der Waals surface area contributed by atoms with Crippen molar-refractivity contribution < 1.29 is 64.2 Å². The van der Waals surface area contributed by atoms with E-state index in [2.05, 4.69) is 9.47 Å². The van der Waals surface area contributed by atoms with E-state index in [0.29, 0.717) is 13.2 Å². The summed E-state index contributed by atoms with van der Waals surface area (Å²) in [5.41, 5.74) is 0. The minimum absolute atomic E-state index is 0. The largest absolute Gasteiger partial charge is 1.00 e. The quantitative estimate of drug-likeness (QED) is 0.320. The van der Waals surface area contributed by atoms with E-state index in [-0.39, 0.29) is 29.6 Å². The molecule has 86 valence electrons. The van der Waals surface area contributed by atoms with Gasteiger partial charge in [0.1, 0.15) is 0 Å². The summed E-state index contributed by atoms with van der Waals surface area (Å²) in [7, 11) is -7.35. The summed E-state index contributed by atoms with van der Waals surface area (Å²) < 4.78 is 68.5. The van der Waals surface area contributed by atoms with Crippen LogP contribution in [0.5, 0.6) is 0 Å². The van der Waals surface area contributed by atoms with Gasteiger partial charge < -0.3 is 9.47 Å². The van der Waals surface area contributed by atoms with Gasteiger partial charge in [0, 0.05) is 14.2 Å². The molecule has 0 saturated carbocycles. The summed E-state index contributed by atoms with van der Waals surface area (Å²) in [5, 5.41) is 0. The molecule has 0 atom stereocenters. The summed E-state index contributed by atoms with van der Waals surface area (Å²) in [5.74, 6) is 0. The molecule has 0 N–H and O–H groups in total. The van der Waals surface area contributed by atoms with Crippen LogP contribution >= 0.6 is 7.81 Å². The number of hydrogen-bond donors (Lipinski definition) is 0. The standard InChI is InChI=1S/C4H10O2.F6P.Na/c1-5-3-4-6-2;1-7(2,3,4,5)6;/h3-4H2,1-2H3;;/q;-1;+1. The molecular weight excluding hydrogens is 248 g/mol. The second kappa shape index (κ2) is 5.86. The van der Waals surface area contributed by atoms with Gasteiger partial charge >= 0.3 is 62.5 Å². The first kappa shape index (κ1) is 20.4. The third kappa shape index (κ3) is 119. The van der Waals surface area contributed by atoms with Crippen LogP contribution in [0.4, 0.5) is 25.2 Å². The van der Waals surface area contributed by atoms with Gasteiger partial charge in [0.25, 0.3) is 0 Å². The SMILES string of the molecule is COCCOC.F[P-](F)(F)(F)(F)F.[Na+]. The zero-order valence-electron chi connectivity index (χ0n) is 7.95. The summed E-state index contributed by atoms with van der Waals surface area (Å²) in [6.45, 7) is 1.38. The van der Waals surface area contributed by atoms with Gasteiger partial charge in [-0.25, -0.2) is 0 Å². The molecule has 0 aromatic heterocycles. The van der Waals surface area contributed by atoms with Crippen molar-refractivity contribution in [3.63, 3.8) is 0 Å². The van der Waals surface area contributed by atoms with Gasteiger partial charge in [-0.3, -0.25) is 0 Å². The van der Waals surface area contributed by atoms with Crippen molar-refractivity contribution in [2.45, 2.75) is 0 Å². The van der Waals surface area contributed by atoms with Crippen molar-refractivity contribution in [1.29, 1.82) is 0 Å². The molecule has 10 heteroatoms. The van der Waals surface area contributed by atoms with E-state index in [1.807, 2.05) is 0 Å². The molecule has 0 rings (SSSR count). The van der Waals surface area contributed by atoms with Crippen LogP contribution in [-0.2, 0) is 9.47 Å². The molecule has 0 aliphatic carbocycles. The van der Waals surface area contributed by atoms with E-state index in [1.54, 1.807) is 14.2 Å². The van der Waals surface area contributed by atoms with Crippen molar-refractivity contribution in [3.05, 3.63) is 0 Å². The zero-order chi connectivity index (χ0) is 11.2. The van der Waals surface area contributed by atoms with Gasteiger partial charge in [-0.15, -0.1) is 0 Å². The average Bonchev–Trinajstić information content (AvgIpc) is 1.76. The Kier molecular flexibility index (Phi) is 8.52. The number of ether oxygens (including phenoxy) is 2. The van der Waals surface area contributed by atoms with Crippen molar-refractivity contribution in [1.82, 2.24) is 0 Å². The van der Waals surface area contributed by atoms with Crippen LogP contribution in [0.25, 0.3) is 0 Å². The molecule has 0 unspecified atom stereocenters. The Hall–Kier alpha value is 0.930. The Bertz CT molecular complexity index is 127. The zero-order valence-corrected chi connectivity index (χ0v) is 10.8. The first-order valence-electron chi connectivity index (χ1n) is 2.91. The second-order valence-electron chi connectivity index (χ2n) is 1.94. The first-order valence-corrected chi connectivity index (χ1v) is 4.94. The molecule has 0 heterocycles. The number of rotatable bonds is 3. The van der Waals surface area contributed by atoms with Gasteiger partial charge in [0.2, 0.25) is 0 Å². The van der Waals surface area contributed by atoms with E-state index in [4.69, 9.17) is 0 Å². The summed E-state index contributed by atoms with van der Waals surface area (Å²) in [4.78, 5) is 0. The smallest absolute Gasteiger partial charge is 1.00 e. The molecule has 14 heavy (non-hydrogen) atoms. The van der Waals surface area contributed by atoms with Crippen LogP contribution in [-0.4, -0.2) is 27.4 Å². The fraction of sp³-hybridized carbons (Fsp3) is 1.00. The Morgan fingerprint density at radius 2 is 0.929 bits per heavy atom. The molecule has 0 aliphatic heterocycles. The van der Waals surface area contributed by atoms with Gasteiger partial charge in [-0.05, 0) is 0 Å². The Labute approximate surface area is 99.5 Å². The molecule has 0 spiro atoms. The van der Waals surface area contributed by atoms with E-state index >= 15 is 0 Å². The predicted octanol–water partition coefficient (Wildman–Crippen LogP) is 0.666. The molecule has 0 fully saturated rings. The minimum atomic E-state index is -10.7. The Balaban J connectivity index is -0.000000163. The van der Waals surface area contributed by atoms with Crippen molar-refractivity contribution >= 4 is 7.81 Å². The molecule has 0 bridgehead atoms. The maximum Gasteiger partial charge on any atom is 1.00 e. The van der Waals surface area contributed by atoms with Crippen LogP contribution < -0.4 is 29.6 Å². The van der Waals surface area contributed by atoms with E-state index in [1.165, 1.54) is 0 Å². The molecule has 0 aromatic carbocycles. The van der Waals surface area contributed by atoms with Gasteiger partial charge in [-0.1, -0.05) is 0 Å². The average molecular weight is 258 g/mol. The molecule has 0 aliphatic rings. The fourth-order valence-corrected chi connectivity index (χ4v) is 0.167. The normalized spacial score (nSPS) is 15.4. The maximum atomic E-state index is 9.87. The van der Waals surface area contributed by atoms with Gasteiger partial charge in [0.15, 0.2) is 0 Å². The molecule has 0 amide bonds. The van der Waals surface area contributed by atoms with Crippen LogP contribution in [0.1, 0.15) is 0 Å². The number of methoxy groups -OCH3 is 2. The van der Waals surface area contributed by atoms with Crippen LogP contribution in [0.2, 0.25) is 0 Å². The van der Waals surface area contributed by atoms with E-state index < -0.39 is 7.81 Å². The van der Waals surface area contributed by atoms with Crippen LogP contribution in [0.15, 0.2) is 0 Å². The second-order valence-corrected chi connectivity index (χ2v) is 3.86. The van der Waals surface area contributed by atoms with E-state index in [0.717, 1.165) is 0 Å². The fourth-order valence-electron chi connectivity index (χ4n) is 0.167. The van der Waals surface area contributed by atoms with Gasteiger partial charge in [-0.2, -0.15) is 0 Å². The summed E-state index contributed by atoms with van der Waals surface area (Å²) in [6.07, 6.45) is 0. The summed E-state index contributed by atoms with van der Waals surface area (Å²) in [6, 6.07) is 0. The van der Waals surface area contributed by atoms with Crippen molar-refractivity contribution in [2.75, 3.05) is 27.4 Å². The van der Waals surface area contributed by atoms with Crippen molar-refractivity contribution in [3.8, 4) is 0 Å². The third-order valence-corrected chi connectivity index (χ3v) is 0.492. The summed E-state index contributed by atoms with van der Waals surface area (Å²) >= 11 is 0.